The molecular formula is C32H33N7O3S. The molecule has 1 unspecified atom stereocenters. The standard InChI is InChI=1S/C32H33N7O3S/c1-32(2,3)42-31(41)38-16-14-37(15-17-38)27-12-11-24(20-34-27)23-9-10-25-21-39(36-26(25)19-23)28(22-7-5-4-6-8-22)29(40)35-30-33-13-18-43-30/h4-13,18-21,28H,14-17H2,1-3H3,(H,33,35,40). The molecule has 0 radical (unpaired) electrons. The van der Waals surface area contributed by atoms with Crippen molar-refractivity contribution in [2.45, 2.75) is 32.4 Å². The number of pyridine rings is 1. The summed E-state index contributed by atoms with van der Waals surface area (Å²) in [5, 5.41) is 11.0. The average Bonchev–Trinajstić information content (AvgIpc) is 3.66. The molecule has 11 heteroatoms. The van der Waals surface area contributed by atoms with E-state index in [0.29, 0.717) is 31.3 Å². The van der Waals surface area contributed by atoms with Crippen LogP contribution < -0.4 is 10.2 Å². The molecular weight excluding hydrogens is 562 g/mol. The van der Waals surface area contributed by atoms with E-state index < -0.39 is 11.6 Å². The van der Waals surface area contributed by atoms with Crippen molar-refractivity contribution >= 4 is 45.2 Å². The van der Waals surface area contributed by atoms with Crippen LogP contribution in [0, 0.1) is 0 Å². The number of aromatic nitrogens is 4. The van der Waals surface area contributed by atoms with E-state index in [-0.39, 0.29) is 12.0 Å². The van der Waals surface area contributed by atoms with Gasteiger partial charge in [0.2, 0.25) is 0 Å². The highest BCUT2D eigenvalue weighted by Crippen LogP contribution is 2.28. The predicted molar refractivity (Wildman–Crippen MR) is 168 cm³/mol. The molecule has 0 saturated carbocycles. The van der Waals surface area contributed by atoms with Gasteiger partial charge in [-0.05, 0) is 50.1 Å². The van der Waals surface area contributed by atoms with Crippen molar-refractivity contribution in [2.75, 3.05) is 36.4 Å². The van der Waals surface area contributed by atoms with Crippen molar-refractivity contribution in [3.8, 4) is 11.1 Å². The van der Waals surface area contributed by atoms with E-state index in [1.165, 1.54) is 11.3 Å². The van der Waals surface area contributed by atoms with E-state index in [0.717, 1.165) is 33.4 Å². The number of hydrogen-bond acceptors (Lipinski definition) is 8. The van der Waals surface area contributed by atoms with Gasteiger partial charge in [-0.3, -0.25) is 14.8 Å². The molecule has 1 N–H and O–H groups in total. The number of fused-ring (bicyclic) bond motifs is 1. The topological polar surface area (TPSA) is 105 Å². The summed E-state index contributed by atoms with van der Waals surface area (Å²) in [6, 6.07) is 19.1. The highest BCUT2D eigenvalue weighted by atomic mass is 32.1. The number of benzene rings is 2. The first kappa shape index (κ1) is 28.4. The zero-order valence-corrected chi connectivity index (χ0v) is 25.1. The molecule has 1 fully saturated rings. The number of rotatable bonds is 6. The lowest BCUT2D eigenvalue weighted by molar-refractivity contribution is -0.118. The Labute approximate surface area is 253 Å². The Bertz CT molecular complexity index is 1710. The van der Waals surface area contributed by atoms with Gasteiger partial charge in [-0.25, -0.2) is 14.8 Å². The van der Waals surface area contributed by atoms with Crippen LogP contribution >= 0.6 is 11.3 Å². The second kappa shape index (κ2) is 11.8. The molecule has 1 aliphatic heterocycles. The van der Waals surface area contributed by atoms with Crippen molar-refractivity contribution in [2.24, 2.45) is 0 Å². The van der Waals surface area contributed by atoms with Crippen molar-refractivity contribution in [3.05, 3.63) is 90.2 Å². The number of amides is 2. The van der Waals surface area contributed by atoms with Crippen molar-refractivity contribution in [1.29, 1.82) is 0 Å². The molecule has 0 spiro atoms. The fourth-order valence-corrected chi connectivity index (χ4v) is 5.59. The summed E-state index contributed by atoms with van der Waals surface area (Å²) in [5.74, 6) is 0.663. The molecule has 43 heavy (non-hydrogen) atoms. The number of hydrogen-bond donors (Lipinski definition) is 1. The van der Waals surface area contributed by atoms with Crippen LogP contribution in [-0.2, 0) is 9.53 Å². The van der Waals surface area contributed by atoms with Crippen molar-refractivity contribution < 1.29 is 14.3 Å². The third kappa shape index (κ3) is 6.51. The molecule has 6 rings (SSSR count). The zero-order chi connectivity index (χ0) is 30.0. The number of piperazine rings is 1. The van der Waals surface area contributed by atoms with Gasteiger partial charge in [-0.1, -0.05) is 42.5 Å². The van der Waals surface area contributed by atoms with Crippen LogP contribution in [0.25, 0.3) is 22.0 Å². The Hall–Kier alpha value is -4.77. The van der Waals surface area contributed by atoms with Gasteiger partial charge < -0.3 is 14.5 Å². The molecule has 2 aromatic carbocycles. The predicted octanol–water partition coefficient (Wildman–Crippen LogP) is 5.84. The fourth-order valence-electron chi connectivity index (χ4n) is 5.05. The molecule has 1 saturated heterocycles. The Kier molecular flexibility index (Phi) is 7.81. The normalized spacial score (nSPS) is 14.5. The zero-order valence-electron chi connectivity index (χ0n) is 24.3. The Balaban J connectivity index is 1.18. The van der Waals surface area contributed by atoms with Crippen molar-refractivity contribution in [1.82, 2.24) is 24.6 Å². The molecule has 10 nitrogen and oxygen atoms in total. The largest absolute Gasteiger partial charge is 0.444 e. The van der Waals surface area contributed by atoms with Gasteiger partial charge in [-0.2, -0.15) is 5.10 Å². The third-order valence-electron chi connectivity index (χ3n) is 7.15. The first-order chi connectivity index (χ1) is 20.7. The smallest absolute Gasteiger partial charge is 0.410 e. The highest BCUT2D eigenvalue weighted by molar-refractivity contribution is 7.13. The first-order valence-corrected chi connectivity index (χ1v) is 15.0. The van der Waals surface area contributed by atoms with Crippen LogP contribution in [0.15, 0.2) is 84.6 Å². The fraction of sp³-hybridized carbons (Fsp3) is 0.281. The number of nitrogens with one attached hydrogen (secondary N) is 1. The van der Waals surface area contributed by atoms with E-state index in [4.69, 9.17) is 14.8 Å². The van der Waals surface area contributed by atoms with E-state index in [9.17, 15) is 9.59 Å². The summed E-state index contributed by atoms with van der Waals surface area (Å²) in [5.41, 5.74) is 3.05. The number of thiazole rings is 1. The summed E-state index contributed by atoms with van der Waals surface area (Å²) < 4.78 is 7.22. The summed E-state index contributed by atoms with van der Waals surface area (Å²) in [7, 11) is 0. The lowest BCUT2D eigenvalue weighted by Crippen LogP contribution is -2.50. The number of carbonyl (C=O) groups excluding carboxylic acids is 2. The van der Waals surface area contributed by atoms with E-state index >= 15 is 0 Å². The van der Waals surface area contributed by atoms with Gasteiger partial charge in [0, 0.05) is 61.1 Å². The van der Waals surface area contributed by atoms with Gasteiger partial charge in [0.25, 0.3) is 5.91 Å². The SMILES string of the molecule is CC(C)(C)OC(=O)N1CCN(c2ccc(-c3ccc4cn(C(C(=O)Nc5nccs5)c5ccccc5)nc4c3)cn2)CC1. The molecule has 4 heterocycles. The first-order valence-electron chi connectivity index (χ1n) is 14.2. The molecule has 1 atom stereocenters. The van der Waals surface area contributed by atoms with Crippen LogP contribution in [0.4, 0.5) is 15.7 Å². The van der Waals surface area contributed by atoms with Gasteiger partial charge in [0.1, 0.15) is 11.4 Å². The maximum atomic E-state index is 13.4. The summed E-state index contributed by atoms with van der Waals surface area (Å²) >= 11 is 1.37. The maximum Gasteiger partial charge on any atom is 0.410 e. The second-order valence-corrected chi connectivity index (χ2v) is 12.3. The average molecular weight is 596 g/mol. The number of carbonyl (C=O) groups is 2. The second-order valence-electron chi connectivity index (χ2n) is 11.4. The Morgan fingerprint density at radius 1 is 0.953 bits per heavy atom. The third-order valence-corrected chi connectivity index (χ3v) is 7.84. The number of ether oxygens (including phenoxy) is 1. The van der Waals surface area contributed by atoms with Gasteiger partial charge in [0.15, 0.2) is 11.2 Å². The van der Waals surface area contributed by atoms with Gasteiger partial charge in [-0.15, -0.1) is 11.3 Å². The lowest BCUT2D eigenvalue weighted by Gasteiger charge is -2.36. The minimum Gasteiger partial charge on any atom is -0.444 e. The highest BCUT2D eigenvalue weighted by Gasteiger charge is 2.27. The molecule has 5 aromatic rings. The van der Waals surface area contributed by atoms with Crippen LogP contribution in [0.1, 0.15) is 32.4 Å². The molecule has 3 aromatic heterocycles. The number of anilines is 2. The van der Waals surface area contributed by atoms with Crippen LogP contribution in [0.5, 0.6) is 0 Å². The van der Waals surface area contributed by atoms with Gasteiger partial charge >= 0.3 is 6.09 Å². The quantitative estimate of drug-likeness (QED) is 0.263. The van der Waals surface area contributed by atoms with Crippen LogP contribution in [-0.4, -0.2) is 68.4 Å². The molecule has 220 valence electrons. The van der Waals surface area contributed by atoms with E-state index in [1.54, 1.807) is 15.8 Å². The summed E-state index contributed by atoms with van der Waals surface area (Å²) in [6.45, 7) is 8.18. The van der Waals surface area contributed by atoms with E-state index in [1.807, 2.05) is 93.1 Å². The molecule has 0 bridgehead atoms. The monoisotopic (exact) mass is 595 g/mol. The molecule has 2 amide bonds. The molecule has 0 aliphatic carbocycles. The number of nitrogens with zero attached hydrogens (tertiary/aromatic N) is 6. The van der Waals surface area contributed by atoms with Crippen molar-refractivity contribution in [3.63, 3.8) is 0 Å². The van der Waals surface area contributed by atoms with Crippen LogP contribution in [0.2, 0.25) is 0 Å². The Morgan fingerprint density at radius 3 is 2.40 bits per heavy atom. The van der Waals surface area contributed by atoms with E-state index in [2.05, 4.69) is 21.3 Å². The minimum absolute atomic E-state index is 0.208. The lowest BCUT2D eigenvalue weighted by atomic mass is 10.1. The summed E-state index contributed by atoms with van der Waals surface area (Å²) in [6.07, 6.45) is 5.15. The maximum absolute atomic E-state index is 13.4. The summed E-state index contributed by atoms with van der Waals surface area (Å²) in [4.78, 5) is 38.7. The van der Waals surface area contributed by atoms with Crippen LogP contribution in [0.3, 0.4) is 0 Å². The Morgan fingerprint density at radius 2 is 1.72 bits per heavy atom. The van der Waals surface area contributed by atoms with Gasteiger partial charge in [0.05, 0.1) is 5.52 Å². The molecule has 1 aliphatic rings. The minimum atomic E-state index is -0.655.